The molecule has 0 spiro atoms. The number of benzene rings is 1. The molecule has 0 bridgehead atoms. The number of ether oxygens (including phenoxy) is 3. The van der Waals surface area contributed by atoms with E-state index in [9.17, 15) is 0 Å². The van der Waals surface area contributed by atoms with Crippen LogP contribution in [0, 0.1) is 0 Å². The third kappa shape index (κ3) is 6.55. The number of rotatable bonds is 14. The molecule has 1 aliphatic heterocycles. The van der Waals surface area contributed by atoms with E-state index in [1.54, 1.807) is 7.11 Å². The molecule has 7 heteroatoms. The van der Waals surface area contributed by atoms with Crippen LogP contribution in [-0.2, 0) is 24.4 Å². The molecule has 6 nitrogen and oxygen atoms in total. The molecule has 2 rings (SSSR count). The standard InChI is InChI=1S/C19H32O6Si/c1-5-23-26(24-6-2,25-7-3)12-8-9-16-10-11-18(19(13-16)20-4)22-15-17-14-21-17/h10-11,13,17H,5-9,12,14-15H2,1-4H3. The average Bonchev–Trinajstić information content (AvgIpc) is 3.45. The number of hydrogen-bond acceptors (Lipinski definition) is 6. The first kappa shape index (κ1) is 21.2. The van der Waals surface area contributed by atoms with Gasteiger partial charge < -0.3 is 27.5 Å². The molecule has 1 fully saturated rings. The van der Waals surface area contributed by atoms with Gasteiger partial charge in [0.15, 0.2) is 11.5 Å². The summed E-state index contributed by atoms with van der Waals surface area (Å²) >= 11 is 0. The van der Waals surface area contributed by atoms with E-state index in [0.29, 0.717) is 26.4 Å². The summed E-state index contributed by atoms with van der Waals surface area (Å²) < 4.78 is 34.1. The highest BCUT2D eigenvalue weighted by Gasteiger charge is 2.39. The Morgan fingerprint density at radius 3 is 2.23 bits per heavy atom. The minimum atomic E-state index is -2.57. The summed E-state index contributed by atoms with van der Waals surface area (Å²) in [6, 6.07) is 6.89. The number of hydrogen-bond donors (Lipinski definition) is 0. The first-order valence-corrected chi connectivity index (χ1v) is 11.4. The maximum Gasteiger partial charge on any atom is 0.500 e. The summed E-state index contributed by atoms with van der Waals surface area (Å²) in [5.74, 6) is 1.51. The Labute approximate surface area is 158 Å². The lowest BCUT2D eigenvalue weighted by molar-refractivity contribution is 0.0708. The SMILES string of the molecule is CCO[Si](CCCc1ccc(OCC2CO2)c(OC)c1)(OCC)OCC. The zero-order valence-electron chi connectivity index (χ0n) is 16.4. The maximum atomic E-state index is 5.91. The van der Waals surface area contributed by atoms with Crippen molar-refractivity contribution in [2.75, 3.05) is 40.1 Å². The topological polar surface area (TPSA) is 58.7 Å². The molecule has 1 aliphatic rings. The first-order chi connectivity index (χ1) is 12.7. The van der Waals surface area contributed by atoms with E-state index in [2.05, 4.69) is 6.07 Å². The van der Waals surface area contributed by atoms with Gasteiger partial charge in [0, 0.05) is 25.9 Å². The van der Waals surface area contributed by atoms with Crippen molar-refractivity contribution in [3.63, 3.8) is 0 Å². The van der Waals surface area contributed by atoms with Crippen LogP contribution in [0.1, 0.15) is 32.8 Å². The lowest BCUT2D eigenvalue weighted by Crippen LogP contribution is -2.46. The molecule has 148 valence electrons. The zero-order chi connectivity index (χ0) is 18.8. The van der Waals surface area contributed by atoms with Crippen molar-refractivity contribution in [2.45, 2.75) is 45.8 Å². The Morgan fingerprint density at radius 2 is 1.69 bits per heavy atom. The summed E-state index contributed by atoms with van der Waals surface area (Å²) in [5, 5.41) is 0. The van der Waals surface area contributed by atoms with Gasteiger partial charge in [-0.1, -0.05) is 6.07 Å². The second-order valence-electron chi connectivity index (χ2n) is 6.09. The quantitative estimate of drug-likeness (QED) is 0.362. The summed E-state index contributed by atoms with van der Waals surface area (Å²) in [5.41, 5.74) is 1.20. The first-order valence-electron chi connectivity index (χ1n) is 9.49. The van der Waals surface area contributed by atoms with Gasteiger partial charge >= 0.3 is 8.80 Å². The molecule has 1 saturated heterocycles. The van der Waals surface area contributed by atoms with Crippen LogP contribution in [0.2, 0.25) is 6.04 Å². The zero-order valence-corrected chi connectivity index (χ0v) is 17.4. The monoisotopic (exact) mass is 384 g/mol. The Balaban J connectivity index is 1.91. The molecule has 0 radical (unpaired) electrons. The van der Waals surface area contributed by atoms with Crippen LogP contribution in [0.25, 0.3) is 0 Å². The van der Waals surface area contributed by atoms with Crippen molar-refractivity contribution in [2.24, 2.45) is 0 Å². The van der Waals surface area contributed by atoms with Gasteiger partial charge in [0.05, 0.1) is 13.7 Å². The molecule has 0 N–H and O–H groups in total. The van der Waals surface area contributed by atoms with Crippen molar-refractivity contribution in [1.82, 2.24) is 0 Å². The van der Waals surface area contributed by atoms with E-state index in [1.165, 1.54) is 5.56 Å². The Morgan fingerprint density at radius 1 is 1.04 bits per heavy atom. The van der Waals surface area contributed by atoms with E-state index >= 15 is 0 Å². The van der Waals surface area contributed by atoms with E-state index < -0.39 is 8.80 Å². The molecule has 1 aromatic carbocycles. The molecule has 1 heterocycles. The highest BCUT2D eigenvalue weighted by Crippen LogP contribution is 2.30. The van der Waals surface area contributed by atoms with Crippen LogP contribution in [0.15, 0.2) is 18.2 Å². The molecule has 1 unspecified atom stereocenters. The highest BCUT2D eigenvalue weighted by molar-refractivity contribution is 6.60. The minimum Gasteiger partial charge on any atom is -0.493 e. The maximum absolute atomic E-state index is 5.91. The predicted molar refractivity (Wildman–Crippen MR) is 102 cm³/mol. The second kappa shape index (κ2) is 10.9. The fraction of sp³-hybridized carbons (Fsp3) is 0.684. The van der Waals surface area contributed by atoms with Gasteiger partial charge in [0.2, 0.25) is 0 Å². The van der Waals surface area contributed by atoms with Crippen LogP contribution in [0.5, 0.6) is 11.5 Å². The van der Waals surface area contributed by atoms with Crippen molar-refractivity contribution in [3.05, 3.63) is 23.8 Å². The molecule has 0 aliphatic carbocycles. The van der Waals surface area contributed by atoms with Crippen LogP contribution >= 0.6 is 0 Å². The minimum absolute atomic E-state index is 0.230. The van der Waals surface area contributed by atoms with Crippen LogP contribution < -0.4 is 9.47 Å². The molecule has 1 aromatic rings. The highest BCUT2D eigenvalue weighted by atomic mass is 28.4. The normalized spacial score (nSPS) is 16.5. The molecule has 0 aromatic heterocycles. The molecule has 1 atom stereocenters. The van der Waals surface area contributed by atoms with Gasteiger partial charge in [-0.2, -0.15) is 0 Å². The molecular formula is C19H32O6Si. The Hall–Kier alpha value is -1.12. The van der Waals surface area contributed by atoms with Gasteiger partial charge in [0.25, 0.3) is 0 Å². The van der Waals surface area contributed by atoms with E-state index in [-0.39, 0.29) is 6.10 Å². The Kier molecular flexibility index (Phi) is 8.87. The second-order valence-corrected chi connectivity index (χ2v) is 8.82. The summed E-state index contributed by atoms with van der Waals surface area (Å²) in [4.78, 5) is 0. The Bertz CT molecular complexity index is 518. The van der Waals surface area contributed by atoms with Gasteiger partial charge in [-0.05, 0) is 51.3 Å². The van der Waals surface area contributed by atoms with E-state index in [1.807, 2.05) is 32.9 Å². The lowest BCUT2D eigenvalue weighted by Gasteiger charge is -2.28. The fourth-order valence-electron chi connectivity index (χ4n) is 2.84. The third-order valence-electron chi connectivity index (χ3n) is 4.10. The van der Waals surface area contributed by atoms with Crippen molar-refractivity contribution in [1.29, 1.82) is 0 Å². The van der Waals surface area contributed by atoms with Gasteiger partial charge in [-0.15, -0.1) is 0 Å². The summed E-state index contributed by atoms with van der Waals surface area (Å²) in [7, 11) is -0.907. The predicted octanol–water partition coefficient (Wildman–Crippen LogP) is 3.45. The molecule has 26 heavy (non-hydrogen) atoms. The molecule has 0 saturated carbocycles. The lowest BCUT2D eigenvalue weighted by atomic mass is 10.1. The largest absolute Gasteiger partial charge is 0.500 e. The number of epoxide rings is 1. The summed E-state index contributed by atoms with van der Waals surface area (Å²) in [6.07, 6.45) is 2.07. The van der Waals surface area contributed by atoms with Gasteiger partial charge in [0.1, 0.15) is 12.7 Å². The average molecular weight is 385 g/mol. The van der Waals surface area contributed by atoms with Crippen molar-refractivity contribution in [3.8, 4) is 11.5 Å². The summed E-state index contributed by atoms with van der Waals surface area (Å²) in [6.45, 7) is 9.12. The number of aryl methyl sites for hydroxylation is 1. The van der Waals surface area contributed by atoms with E-state index in [4.69, 9.17) is 27.5 Å². The van der Waals surface area contributed by atoms with Crippen LogP contribution in [-0.4, -0.2) is 55.1 Å². The number of methoxy groups -OCH3 is 1. The van der Waals surface area contributed by atoms with Gasteiger partial charge in [-0.3, -0.25) is 0 Å². The van der Waals surface area contributed by atoms with Crippen LogP contribution in [0.3, 0.4) is 0 Å². The van der Waals surface area contributed by atoms with Crippen LogP contribution in [0.4, 0.5) is 0 Å². The third-order valence-corrected chi connectivity index (χ3v) is 7.25. The van der Waals surface area contributed by atoms with Crippen molar-refractivity contribution >= 4 is 8.80 Å². The van der Waals surface area contributed by atoms with Gasteiger partial charge in [-0.25, -0.2) is 0 Å². The van der Waals surface area contributed by atoms with E-state index in [0.717, 1.165) is 37.0 Å². The smallest absolute Gasteiger partial charge is 0.493 e. The molecule has 0 amide bonds. The van der Waals surface area contributed by atoms with Crippen molar-refractivity contribution < 1.29 is 27.5 Å². The molecular weight excluding hydrogens is 352 g/mol. The fourth-order valence-corrected chi connectivity index (χ4v) is 5.46.